The van der Waals surface area contributed by atoms with Crippen molar-refractivity contribution >= 4 is 26.5 Å². The van der Waals surface area contributed by atoms with Crippen LogP contribution in [0.5, 0.6) is 0 Å². The van der Waals surface area contributed by atoms with Crippen LogP contribution in [0.4, 0.5) is 0 Å². The zero-order valence-electron chi connectivity index (χ0n) is 31.7. The van der Waals surface area contributed by atoms with Gasteiger partial charge in [0.05, 0.1) is 0 Å². The van der Waals surface area contributed by atoms with Crippen LogP contribution in [-0.4, -0.2) is 0 Å². The molecular formula is C52H44Fe4P2+8. The second-order valence-corrected chi connectivity index (χ2v) is 16.5. The summed E-state index contributed by atoms with van der Waals surface area (Å²) in [5, 5.41) is 2.79. The second kappa shape index (κ2) is 33.8. The summed E-state index contributed by atoms with van der Waals surface area (Å²) in [5.41, 5.74) is 5.68. The molecule has 0 heterocycles. The van der Waals surface area contributed by atoms with Gasteiger partial charge in [-0.3, -0.25) is 0 Å². The Balaban J connectivity index is 0.000000394. The Morgan fingerprint density at radius 3 is 0.707 bits per heavy atom. The van der Waals surface area contributed by atoms with E-state index in [0.29, 0.717) is 0 Å². The van der Waals surface area contributed by atoms with Crippen LogP contribution in [0.3, 0.4) is 0 Å². The number of hydrogen-bond acceptors (Lipinski definition) is 0. The molecule has 0 nitrogen and oxygen atoms in total. The first kappa shape index (κ1) is 55.5. The van der Waals surface area contributed by atoms with Gasteiger partial charge in [-0.2, -0.15) is 0 Å². The molecule has 8 saturated carbocycles. The first-order valence-corrected chi connectivity index (χ1v) is 20.9. The minimum absolute atomic E-state index is 0. The van der Waals surface area contributed by atoms with Crippen molar-refractivity contribution in [3.8, 4) is 0 Å². The summed E-state index contributed by atoms with van der Waals surface area (Å²) in [7, 11) is -1.24. The van der Waals surface area contributed by atoms with E-state index in [-0.39, 0.29) is 68.3 Å². The standard InChI is InChI=1S/C32H24P2.4C5H5.4Fe/c1-3-13-25(14-4-1)33(27-17-7-8-18-27)31-23-11-21-29(31)30-22-12-24-32(30)34(28-19-9-10-20-28)26-15-5-2-6-16-26;4*1-2-4-5-3-1;;;;/h1-24H;4*1-5H;;;;/q;;;;;4*+2/t33-,34-;;;;;;;;/m1......../s1. The Bertz CT molecular complexity index is 1060. The van der Waals surface area contributed by atoms with Crippen molar-refractivity contribution in [1.82, 2.24) is 0 Å². The van der Waals surface area contributed by atoms with E-state index in [2.05, 4.69) is 151 Å². The predicted molar refractivity (Wildman–Crippen MR) is 232 cm³/mol. The van der Waals surface area contributed by atoms with Crippen molar-refractivity contribution < 1.29 is 68.3 Å². The Kier molecular flexibility index (Phi) is 32.4. The number of rotatable bonds is 7. The molecule has 0 bridgehead atoms. The van der Waals surface area contributed by atoms with Gasteiger partial charge >= 0.3 is 68.3 Å². The normalized spacial score (nSPS) is 23.5. The molecular weight excluding hydrogens is 910 g/mol. The van der Waals surface area contributed by atoms with Crippen molar-refractivity contribution in [1.29, 1.82) is 0 Å². The minimum atomic E-state index is -0.621. The fourth-order valence-corrected chi connectivity index (χ4v) is 10.9. The predicted octanol–water partition coefficient (Wildman–Crippen LogP) is 10.9. The molecule has 8 fully saturated rings. The molecule has 0 saturated heterocycles. The van der Waals surface area contributed by atoms with Crippen molar-refractivity contribution in [2.75, 3.05) is 0 Å². The SMILES string of the molecule is [CH]1[CH][CH][CH][CH]1.[CH]1[CH][CH][CH][CH]1.[CH]1[CH][CH][CH][CH]1.[CH]1[CH][CH][CH][CH]1.[CH]1[CH][CH][C]([P@]([C]2[CH][CH][CH][C]2[C]2[CH][CH][CH][C]2[P@@]([C]2[CH][CH][CH][CH]2)c2ccccc2)c2ccccc2)[CH]1.[Fe+2].[Fe+2].[Fe+2].[Fe+2]. The van der Waals surface area contributed by atoms with Crippen LogP contribution in [-0.2, 0) is 68.3 Å². The third kappa shape index (κ3) is 18.5. The molecule has 0 aliphatic heterocycles. The van der Waals surface area contributed by atoms with Crippen LogP contribution in [0.25, 0.3) is 0 Å². The summed E-state index contributed by atoms with van der Waals surface area (Å²) in [6.07, 6.45) is 71.5. The maximum Gasteiger partial charge on any atom is 2.00 e. The van der Waals surface area contributed by atoms with Crippen LogP contribution < -0.4 is 10.6 Å². The van der Waals surface area contributed by atoms with Gasteiger partial charge in [0.2, 0.25) is 0 Å². The molecule has 286 valence electrons. The van der Waals surface area contributed by atoms with Crippen LogP contribution in [0.1, 0.15) is 0 Å². The molecule has 8 aliphatic carbocycles. The number of benzene rings is 2. The fourth-order valence-electron chi connectivity index (χ4n) is 5.98. The van der Waals surface area contributed by atoms with Gasteiger partial charge in [0.15, 0.2) is 0 Å². The van der Waals surface area contributed by atoms with E-state index in [1.54, 1.807) is 0 Å². The van der Waals surface area contributed by atoms with Gasteiger partial charge < -0.3 is 0 Å². The average Bonchev–Trinajstić information content (AvgIpc) is 4.08. The van der Waals surface area contributed by atoms with Gasteiger partial charge in [-0.15, -0.1) is 0 Å². The first-order valence-electron chi connectivity index (χ1n) is 18.2. The van der Waals surface area contributed by atoms with E-state index in [0.717, 1.165) is 0 Å². The van der Waals surface area contributed by atoms with Crippen molar-refractivity contribution in [2.45, 2.75) is 0 Å². The molecule has 0 spiro atoms. The third-order valence-electron chi connectivity index (χ3n) is 8.42. The van der Waals surface area contributed by atoms with Crippen LogP contribution in [0.2, 0.25) is 0 Å². The smallest absolute Gasteiger partial charge is 0.0622 e. The maximum absolute atomic E-state index is 2.34. The summed E-state index contributed by atoms with van der Waals surface area (Å²) in [6, 6.07) is 22.0. The summed E-state index contributed by atoms with van der Waals surface area (Å²) < 4.78 is 0. The zero-order chi connectivity index (χ0) is 36.9. The molecule has 0 aromatic heterocycles. The summed E-state index contributed by atoms with van der Waals surface area (Å²) in [6.45, 7) is 0. The first-order chi connectivity index (χ1) is 26.9. The molecule has 58 heavy (non-hydrogen) atoms. The van der Waals surface area contributed by atoms with E-state index in [1.807, 2.05) is 128 Å². The van der Waals surface area contributed by atoms with Crippen LogP contribution in [0, 0.1) is 253 Å². The van der Waals surface area contributed by atoms with Crippen LogP contribution >= 0.6 is 15.8 Å². The van der Waals surface area contributed by atoms with Crippen molar-refractivity contribution in [3.05, 3.63) is 313 Å². The molecule has 0 N–H and O–H groups in total. The fraction of sp³-hybridized carbons (Fsp3) is 0. The van der Waals surface area contributed by atoms with Gasteiger partial charge in [0.1, 0.15) is 0 Å². The molecule has 0 unspecified atom stereocenters. The van der Waals surface area contributed by atoms with Gasteiger partial charge in [0.25, 0.3) is 0 Å². The monoisotopic (exact) mass is 954 g/mol. The van der Waals surface area contributed by atoms with Gasteiger partial charge in [-0.25, -0.2) is 0 Å². The Morgan fingerprint density at radius 2 is 0.466 bits per heavy atom. The quantitative estimate of drug-likeness (QED) is 0.192. The van der Waals surface area contributed by atoms with Crippen molar-refractivity contribution in [3.63, 3.8) is 0 Å². The molecule has 2 atom stereocenters. The van der Waals surface area contributed by atoms with Gasteiger partial charge in [-0.1, -0.05) is 76.5 Å². The second-order valence-electron chi connectivity index (χ2n) is 12.1. The molecule has 2 aromatic rings. The molecule has 40 radical (unpaired) electrons. The molecule has 10 rings (SSSR count). The molecule has 2 aromatic carbocycles. The largest absolute Gasteiger partial charge is 2.00 e. The van der Waals surface area contributed by atoms with Gasteiger partial charge in [-0.05, 0) is 241 Å². The summed E-state index contributed by atoms with van der Waals surface area (Å²) in [4.78, 5) is 0. The topological polar surface area (TPSA) is 0 Å². The van der Waals surface area contributed by atoms with Gasteiger partial charge in [0, 0.05) is 22.6 Å². The molecule has 8 aliphatic rings. The maximum atomic E-state index is 2.34. The Morgan fingerprint density at radius 1 is 0.224 bits per heavy atom. The van der Waals surface area contributed by atoms with E-state index in [9.17, 15) is 0 Å². The van der Waals surface area contributed by atoms with Crippen LogP contribution in [0.15, 0.2) is 60.7 Å². The average molecular weight is 954 g/mol. The van der Waals surface area contributed by atoms with E-state index >= 15 is 0 Å². The zero-order valence-corrected chi connectivity index (χ0v) is 37.9. The minimum Gasteiger partial charge on any atom is -0.0622 e. The van der Waals surface area contributed by atoms with Crippen molar-refractivity contribution in [2.24, 2.45) is 0 Å². The molecule has 6 heteroatoms. The molecule has 0 amide bonds. The summed E-state index contributed by atoms with van der Waals surface area (Å²) in [5.74, 6) is 2.73. The van der Waals surface area contributed by atoms with E-state index in [1.165, 1.54) is 45.1 Å². The van der Waals surface area contributed by atoms with E-state index < -0.39 is 15.8 Å². The number of hydrogen-bond donors (Lipinski definition) is 0. The Labute approximate surface area is 404 Å². The third-order valence-corrected chi connectivity index (χ3v) is 13.4. The Hall–Kier alpha value is 1.38. The van der Waals surface area contributed by atoms with E-state index in [4.69, 9.17) is 0 Å². The summed E-state index contributed by atoms with van der Waals surface area (Å²) >= 11 is 0.